The van der Waals surface area contributed by atoms with Gasteiger partial charge in [-0.3, -0.25) is 20.0 Å². The van der Waals surface area contributed by atoms with Crippen molar-refractivity contribution in [2.24, 2.45) is 0 Å². The lowest BCUT2D eigenvalue weighted by atomic mass is 9.99. The Balaban J connectivity index is 0.00000380. The third kappa shape index (κ3) is 6.90. The van der Waals surface area contributed by atoms with Crippen LogP contribution in [0.2, 0.25) is 0 Å². The maximum absolute atomic E-state index is 13.6. The van der Waals surface area contributed by atoms with E-state index in [0.717, 1.165) is 43.7 Å². The summed E-state index contributed by atoms with van der Waals surface area (Å²) in [5.74, 6) is 0.239. The van der Waals surface area contributed by atoms with Crippen LogP contribution in [0.15, 0.2) is 78.9 Å². The predicted molar refractivity (Wildman–Crippen MR) is 151 cm³/mol. The Hall–Kier alpha value is -3.35. The molecule has 37 heavy (non-hydrogen) atoms. The molecule has 1 unspecified atom stereocenters. The Morgan fingerprint density at radius 2 is 1.62 bits per heavy atom. The molecule has 1 N–H and O–H groups in total. The molecule has 0 bridgehead atoms. The second-order valence-corrected chi connectivity index (χ2v) is 8.95. The first kappa shape index (κ1) is 28.2. The highest BCUT2D eigenvalue weighted by molar-refractivity contribution is 6.04. The van der Waals surface area contributed by atoms with E-state index in [4.69, 9.17) is 4.74 Å². The minimum Gasteiger partial charge on any atom is -0.491 e. The van der Waals surface area contributed by atoms with Crippen molar-refractivity contribution < 1.29 is 14.3 Å². The van der Waals surface area contributed by atoms with Crippen molar-refractivity contribution in [1.82, 2.24) is 10.3 Å². The monoisotopic (exact) mass is 521 g/mol. The van der Waals surface area contributed by atoms with Gasteiger partial charge in [0.1, 0.15) is 18.4 Å². The van der Waals surface area contributed by atoms with Crippen molar-refractivity contribution >= 4 is 29.8 Å². The van der Waals surface area contributed by atoms with E-state index in [1.807, 2.05) is 66.7 Å². The number of benzene rings is 3. The topological polar surface area (TPSA) is 61.9 Å². The SMILES string of the molecule is CCN(CC)CCOc1ccccc1C(=O)NN1c2ccccc2CCCC1C(=O)c1ccccc1.Cl. The molecule has 1 atom stereocenters. The number of ether oxygens (including phenoxy) is 1. The number of halogens is 1. The van der Waals surface area contributed by atoms with Crippen LogP contribution in [0.25, 0.3) is 0 Å². The number of anilines is 1. The summed E-state index contributed by atoms with van der Waals surface area (Å²) in [7, 11) is 0. The summed E-state index contributed by atoms with van der Waals surface area (Å²) in [6.45, 7) is 7.43. The third-order valence-electron chi connectivity index (χ3n) is 6.76. The number of hydrogen-bond donors (Lipinski definition) is 1. The highest BCUT2D eigenvalue weighted by Crippen LogP contribution is 2.30. The van der Waals surface area contributed by atoms with Gasteiger partial charge in [0.2, 0.25) is 0 Å². The van der Waals surface area contributed by atoms with Gasteiger partial charge in [0.25, 0.3) is 5.91 Å². The molecule has 1 aliphatic heterocycles. The summed E-state index contributed by atoms with van der Waals surface area (Å²) < 4.78 is 6.03. The van der Waals surface area contributed by atoms with Gasteiger partial charge in [0, 0.05) is 12.1 Å². The van der Waals surface area contributed by atoms with Gasteiger partial charge >= 0.3 is 0 Å². The first-order chi connectivity index (χ1) is 17.6. The highest BCUT2D eigenvalue weighted by atomic mass is 35.5. The zero-order chi connectivity index (χ0) is 25.3. The average molecular weight is 522 g/mol. The molecular formula is C30H36ClN3O3. The van der Waals surface area contributed by atoms with Gasteiger partial charge < -0.3 is 9.64 Å². The minimum absolute atomic E-state index is 0. The number of hydrazine groups is 1. The maximum Gasteiger partial charge on any atom is 0.273 e. The lowest BCUT2D eigenvalue weighted by Gasteiger charge is -2.32. The van der Waals surface area contributed by atoms with Gasteiger partial charge in [-0.25, -0.2) is 0 Å². The van der Waals surface area contributed by atoms with Crippen LogP contribution in [0.4, 0.5) is 5.69 Å². The zero-order valence-electron chi connectivity index (χ0n) is 21.6. The molecule has 6 nitrogen and oxygen atoms in total. The van der Waals surface area contributed by atoms with E-state index < -0.39 is 6.04 Å². The largest absolute Gasteiger partial charge is 0.491 e. The smallest absolute Gasteiger partial charge is 0.273 e. The fourth-order valence-electron chi connectivity index (χ4n) is 4.70. The number of rotatable bonds is 10. The van der Waals surface area contributed by atoms with Gasteiger partial charge in [-0.05, 0) is 56.1 Å². The first-order valence-electron chi connectivity index (χ1n) is 12.8. The Kier molecular flexibility index (Phi) is 10.5. The molecule has 0 spiro atoms. The molecule has 0 aromatic heterocycles. The van der Waals surface area contributed by atoms with Crippen molar-refractivity contribution in [2.45, 2.75) is 39.2 Å². The van der Waals surface area contributed by atoms with E-state index in [-0.39, 0.29) is 24.1 Å². The summed E-state index contributed by atoms with van der Waals surface area (Å²) in [6.07, 6.45) is 2.36. The number of carbonyl (C=O) groups excluding carboxylic acids is 2. The lowest BCUT2D eigenvalue weighted by molar-refractivity contribution is 0.0909. The molecule has 196 valence electrons. The van der Waals surface area contributed by atoms with E-state index in [9.17, 15) is 9.59 Å². The van der Waals surface area contributed by atoms with Gasteiger partial charge in [0.15, 0.2) is 5.78 Å². The molecule has 1 amide bonds. The summed E-state index contributed by atoms with van der Waals surface area (Å²) in [5, 5.41) is 1.77. The van der Waals surface area contributed by atoms with Crippen LogP contribution in [0, 0.1) is 0 Å². The summed E-state index contributed by atoms with van der Waals surface area (Å²) in [6, 6.07) is 24.0. The fourth-order valence-corrected chi connectivity index (χ4v) is 4.70. The van der Waals surface area contributed by atoms with E-state index in [2.05, 4.69) is 30.2 Å². The highest BCUT2D eigenvalue weighted by Gasteiger charge is 2.32. The number of fused-ring (bicyclic) bond motifs is 1. The number of hydrogen-bond acceptors (Lipinski definition) is 5. The normalized spacial score (nSPS) is 14.8. The molecule has 4 rings (SSSR count). The molecule has 3 aromatic carbocycles. The number of carbonyl (C=O) groups is 2. The first-order valence-corrected chi connectivity index (χ1v) is 12.8. The molecule has 3 aromatic rings. The van der Waals surface area contributed by atoms with Crippen molar-refractivity contribution in [3.63, 3.8) is 0 Å². The second kappa shape index (κ2) is 13.8. The van der Waals surface area contributed by atoms with Gasteiger partial charge in [-0.1, -0.05) is 74.5 Å². The van der Waals surface area contributed by atoms with Crippen LogP contribution < -0.4 is 15.2 Å². The van der Waals surface area contributed by atoms with E-state index in [0.29, 0.717) is 29.9 Å². The van der Waals surface area contributed by atoms with Crippen molar-refractivity contribution in [3.8, 4) is 5.75 Å². The van der Waals surface area contributed by atoms with Crippen LogP contribution in [0.3, 0.4) is 0 Å². The number of ketones is 1. The van der Waals surface area contributed by atoms with Crippen LogP contribution in [0.5, 0.6) is 5.75 Å². The van der Waals surface area contributed by atoms with Crippen LogP contribution in [0.1, 0.15) is 53.0 Å². The molecule has 0 aliphatic carbocycles. The molecule has 0 radical (unpaired) electrons. The summed E-state index contributed by atoms with van der Waals surface area (Å²) in [4.78, 5) is 29.5. The zero-order valence-corrected chi connectivity index (χ0v) is 22.4. The summed E-state index contributed by atoms with van der Waals surface area (Å²) in [5.41, 5.74) is 6.14. The minimum atomic E-state index is -0.504. The second-order valence-electron chi connectivity index (χ2n) is 8.95. The quantitative estimate of drug-likeness (QED) is 0.353. The molecule has 7 heteroatoms. The molecule has 1 aliphatic rings. The Labute approximate surface area is 226 Å². The average Bonchev–Trinajstić information content (AvgIpc) is 3.11. The standard InChI is InChI=1S/C30H35N3O3.ClH/c1-3-32(4-2)21-22-36-28-20-11-9-17-25(28)30(35)31-33-26-18-10-8-13-23(26)16-12-19-27(33)29(34)24-14-6-5-7-15-24;/h5-11,13-15,17-18,20,27H,3-4,12,16,19,21-22H2,1-2H3,(H,31,35);1H. The van der Waals surface area contributed by atoms with Crippen molar-refractivity contribution in [1.29, 1.82) is 0 Å². The van der Waals surface area contributed by atoms with Crippen LogP contribution in [-0.4, -0.2) is 48.9 Å². The Morgan fingerprint density at radius 1 is 0.946 bits per heavy atom. The van der Waals surface area contributed by atoms with Gasteiger partial charge in [0.05, 0.1) is 11.3 Å². The number of nitrogens with zero attached hydrogens (tertiary/aromatic N) is 2. The van der Waals surface area contributed by atoms with E-state index in [1.165, 1.54) is 0 Å². The van der Waals surface area contributed by atoms with Gasteiger partial charge in [-0.15, -0.1) is 12.4 Å². The molecule has 1 heterocycles. The Morgan fingerprint density at radius 3 is 2.38 bits per heavy atom. The van der Waals surface area contributed by atoms with E-state index >= 15 is 0 Å². The number of likely N-dealkylation sites (N-methyl/N-ethyl adjacent to an activating group) is 1. The third-order valence-corrected chi connectivity index (χ3v) is 6.76. The number of amides is 1. The van der Waals surface area contributed by atoms with E-state index in [1.54, 1.807) is 11.1 Å². The van der Waals surface area contributed by atoms with Crippen molar-refractivity contribution in [2.75, 3.05) is 31.3 Å². The van der Waals surface area contributed by atoms with Crippen LogP contribution >= 0.6 is 12.4 Å². The Bertz CT molecular complexity index is 1170. The number of Topliss-reactive ketones (excluding diaryl/α,β-unsaturated/α-hetero) is 1. The maximum atomic E-state index is 13.6. The number of para-hydroxylation sites is 2. The number of aryl methyl sites for hydroxylation is 1. The van der Waals surface area contributed by atoms with Gasteiger partial charge in [-0.2, -0.15) is 0 Å². The lowest BCUT2D eigenvalue weighted by Crippen LogP contribution is -2.52. The predicted octanol–water partition coefficient (Wildman–Crippen LogP) is 5.57. The molecule has 0 saturated carbocycles. The van der Waals surface area contributed by atoms with Crippen LogP contribution in [-0.2, 0) is 6.42 Å². The fraction of sp³-hybridized carbons (Fsp3) is 0.333. The molecule has 0 saturated heterocycles. The number of nitrogens with one attached hydrogen (secondary N) is 1. The molecular weight excluding hydrogens is 486 g/mol. The summed E-state index contributed by atoms with van der Waals surface area (Å²) >= 11 is 0. The molecule has 0 fully saturated rings. The van der Waals surface area contributed by atoms with Crippen molar-refractivity contribution in [3.05, 3.63) is 95.6 Å².